The van der Waals surface area contributed by atoms with Gasteiger partial charge in [-0.25, -0.2) is 4.98 Å². The summed E-state index contributed by atoms with van der Waals surface area (Å²) < 4.78 is 22.2. The van der Waals surface area contributed by atoms with Crippen molar-refractivity contribution in [1.82, 2.24) is 4.98 Å². The Balaban J connectivity index is 1.87. The Bertz CT molecular complexity index is 791. The van der Waals surface area contributed by atoms with Crippen LogP contribution in [0.4, 0.5) is 5.13 Å². The lowest BCUT2D eigenvalue weighted by Crippen LogP contribution is -2.09. The number of fused-ring (bicyclic) bond motifs is 1. The van der Waals surface area contributed by atoms with Crippen LogP contribution in [0.1, 0.15) is 11.1 Å². The van der Waals surface area contributed by atoms with E-state index in [9.17, 15) is 4.57 Å². The van der Waals surface area contributed by atoms with Crippen molar-refractivity contribution >= 4 is 46.3 Å². The van der Waals surface area contributed by atoms with E-state index in [0.717, 1.165) is 20.8 Å². The topological polar surface area (TPSA) is 80.7 Å². The first-order chi connectivity index (χ1) is 10.7. The fraction of sp³-hybridized carbons (Fsp3) is 0.154. The van der Waals surface area contributed by atoms with E-state index in [1.54, 1.807) is 7.11 Å². The molecule has 114 valence electrons. The SMILES string of the molecule is COc1ccc2nc(NC(O[P+](=O)O)c3cccs3)sc2c1. The van der Waals surface area contributed by atoms with Gasteiger partial charge in [0.2, 0.25) is 6.23 Å². The molecule has 2 aromatic heterocycles. The number of nitrogens with zero attached hydrogens (tertiary/aromatic N) is 1. The summed E-state index contributed by atoms with van der Waals surface area (Å²) in [7, 11) is -1.11. The van der Waals surface area contributed by atoms with Gasteiger partial charge in [0, 0.05) is 4.57 Å². The molecule has 9 heteroatoms. The van der Waals surface area contributed by atoms with Crippen LogP contribution in [0.5, 0.6) is 5.75 Å². The first-order valence-electron chi connectivity index (χ1n) is 6.23. The monoisotopic (exact) mass is 355 g/mol. The summed E-state index contributed by atoms with van der Waals surface area (Å²) in [5.74, 6) is 0.757. The average Bonchev–Trinajstić information content (AvgIpc) is 3.14. The Kier molecular flexibility index (Phi) is 4.66. The van der Waals surface area contributed by atoms with Gasteiger partial charge in [0.05, 0.1) is 22.2 Å². The molecule has 2 N–H and O–H groups in total. The minimum absolute atomic E-state index is 0.610. The third-order valence-electron chi connectivity index (χ3n) is 2.85. The standard InChI is InChI=1S/C13H11N2O4PS2/c1-18-8-4-5-9-11(7-8)22-13(14-9)15-12(19-20(16)17)10-3-2-6-21-10/h2-7,12H,1H3,(H-,14,15,16,17)/p+1. The molecule has 0 aliphatic carbocycles. The molecule has 6 nitrogen and oxygen atoms in total. The number of ether oxygens (including phenoxy) is 1. The number of thiophene rings is 1. The first kappa shape index (κ1) is 15.3. The number of hydrogen-bond donors (Lipinski definition) is 2. The minimum atomic E-state index is -2.72. The second kappa shape index (κ2) is 6.68. The maximum Gasteiger partial charge on any atom is 0.697 e. The fourth-order valence-electron chi connectivity index (χ4n) is 1.89. The lowest BCUT2D eigenvalue weighted by molar-refractivity contribution is 0.219. The molecule has 0 spiro atoms. The third kappa shape index (κ3) is 3.43. The molecule has 2 heterocycles. The quantitative estimate of drug-likeness (QED) is 0.511. The van der Waals surface area contributed by atoms with E-state index in [-0.39, 0.29) is 0 Å². The van der Waals surface area contributed by atoms with E-state index in [0.29, 0.717) is 5.13 Å². The molecule has 0 amide bonds. The molecule has 3 aromatic rings. The van der Waals surface area contributed by atoms with Crippen LogP contribution in [0.3, 0.4) is 0 Å². The molecule has 0 aliphatic rings. The van der Waals surface area contributed by atoms with Crippen LogP contribution in [0.15, 0.2) is 35.7 Å². The zero-order chi connectivity index (χ0) is 15.5. The molecule has 0 saturated heterocycles. The predicted molar refractivity (Wildman–Crippen MR) is 87.8 cm³/mol. The Morgan fingerprint density at radius 1 is 1.41 bits per heavy atom. The first-order valence-corrected chi connectivity index (χ1v) is 9.06. The zero-order valence-corrected chi connectivity index (χ0v) is 14.0. The lowest BCUT2D eigenvalue weighted by atomic mass is 10.3. The molecule has 0 aliphatic heterocycles. The largest absolute Gasteiger partial charge is 0.697 e. The van der Waals surface area contributed by atoms with Crippen LogP contribution in [-0.4, -0.2) is 17.0 Å². The van der Waals surface area contributed by atoms with Crippen molar-refractivity contribution in [2.24, 2.45) is 0 Å². The highest BCUT2D eigenvalue weighted by Gasteiger charge is 2.26. The van der Waals surface area contributed by atoms with Crippen LogP contribution < -0.4 is 10.1 Å². The van der Waals surface area contributed by atoms with E-state index in [2.05, 4.69) is 10.3 Å². The van der Waals surface area contributed by atoms with Crippen molar-refractivity contribution in [1.29, 1.82) is 0 Å². The zero-order valence-electron chi connectivity index (χ0n) is 11.4. The summed E-state index contributed by atoms with van der Waals surface area (Å²) in [5, 5.41) is 5.54. The highest BCUT2D eigenvalue weighted by molar-refractivity contribution is 7.32. The van der Waals surface area contributed by atoms with Crippen molar-refractivity contribution in [2.75, 3.05) is 12.4 Å². The smallest absolute Gasteiger partial charge is 0.497 e. The Labute approximate surface area is 135 Å². The van der Waals surface area contributed by atoms with E-state index in [1.807, 2.05) is 35.7 Å². The van der Waals surface area contributed by atoms with Crippen molar-refractivity contribution in [3.8, 4) is 5.75 Å². The van der Waals surface area contributed by atoms with Gasteiger partial charge < -0.3 is 10.1 Å². The fourth-order valence-corrected chi connectivity index (χ4v) is 3.92. The Morgan fingerprint density at radius 2 is 2.27 bits per heavy atom. The van der Waals surface area contributed by atoms with Gasteiger partial charge in [-0.05, 0) is 29.6 Å². The van der Waals surface area contributed by atoms with Crippen molar-refractivity contribution in [3.63, 3.8) is 0 Å². The number of benzene rings is 1. The van der Waals surface area contributed by atoms with Gasteiger partial charge in [-0.2, -0.15) is 0 Å². The number of anilines is 1. The highest BCUT2D eigenvalue weighted by atomic mass is 32.1. The molecule has 0 saturated carbocycles. The summed E-state index contributed by atoms with van der Waals surface area (Å²) in [6, 6.07) is 9.28. The summed E-state index contributed by atoms with van der Waals surface area (Å²) in [6.45, 7) is 0. The Hall–Kier alpha value is -1.57. The highest BCUT2D eigenvalue weighted by Crippen LogP contribution is 2.35. The number of aromatic nitrogens is 1. The molecule has 0 bridgehead atoms. The van der Waals surface area contributed by atoms with Gasteiger partial charge in [-0.1, -0.05) is 21.9 Å². The van der Waals surface area contributed by atoms with Crippen LogP contribution in [-0.2, 0) is 9.09 Å². The van der Waals surface area contributed by atoms with Gasteiger partial charge in [0.25, 0.3) is 0 Å². The summed E-state index contributed by atoms with van der Waals surface area (Å²) in [5.41, 5.74) is 0.826. The maximum absolute atomic E-state index is 11.0. The van der Waals surface area contributed by atoms with Crippen LogP contribution in [0.25, 0.3) is 10.2 Å². The number of thiazole rings is 1. The van der Waals surface area contributed by atoms with Crippen LogP contribution >= 0.6 is 30.9 Å². The van der Waals surface area contributed by atoms with Crippen LogP contribution in [0.2, 0.25) is 0 Å². The summed E-state index contributed by atoms with van der Waals surface area (Å²) >= 11 is 2.86. The number of hydrogen-bond acceptors (Lipinski definition) is 7. The molecule has 22 heavy (non-hydrogen) atoms. The third-order valence-corrected chi connectivity index (χ3v) is 5.10. The second-order valence-electron chi connectivity index (χ2n) is 4.24. The maximum atomic E-state index is 11.0. The van der Waals surface area contributed by atoms with Gasteiger partial charge in [-0.15, -0.1) is 16.2 Å². The number of methoxy groups -OCH3 is 1. The number of rotatable bonds is 6. The lowest BCUT2D eigenvalue weighted by Gasteiger charge is -2.09. The Morgan fingerprint density at radius 3 is 2.95 bits per heavy atom. The van der Waals surface area contributed by atoms with Crippen molar-refractivity contribution in [2.45, 2.75) is 6.23 Å². The molecule has 1 aromatic carbocycles. The van der Waals surface area contributed by atoms with E-state index >= 15 is 0 Å². The van der Waals surface area contributed by atoms with Crippen molar-refractivity contribution < 1.29 is 18.7 Å². The normalized spacial score (nSPS) is 13.1. The summed E-state index contributed by atoms with van der Waals surface area (Å²) in [4.78, 5) is 14.3. The molecule has 0 radical (unpaired) electrons. The van der Waals surface area contributed by atoms with Crippen molar-refractivity contribution in [3.05, 3.63) is 40.6 Å². The second-order valence-corrected chi connectivity index (χ2v) is 6.93. The van der Waals surface area contributed by atoms with Gasteiger partial charge in [0.15, 0.2) is 5.13 Å². The predicted octanol–water partition coefficient (Wildman–Crippen LogP) is 4.14. The number of nitrogens with one attached hydrogen (secondary N) is 1. The molecular formula is C13H12N2O4PS2+. The molecule has 2 unspecified atom stereocenters. The van der Waals surface area contributed by atoms with Gasteiger partial charge >= 0.3 is 8.25 Å². The summed E-state index contributed by atoms with van der Waals surface area (Å²) in [6.07, 6.45) is -0.712. The minimum Gasteiger partial charge on any atom is -0.497 e. The van der Waals surface area contributed by atoms with Gasteiger partial charge in [-0.3, -0.25) is 0 Å². The average molecular weight is 355 g/mol. The molecule has 3 rings (SSSR count). The van der Waals surface area contributed by atoms with E-state index in [4.69, 9.17) is 14.2 Å². The molecular weight excluding hydrogens is 343 g/mol. The van der Waals surface area contributed by atoms with E-state index < -0.39 is 14.5 Å². The van der Waals surface area contributed by atoms with E-state index in [1.165, 1.54) is 22.7 Å². The molecule has 2 atom stereocenters. The van der Waals surface area contributed by atoms with Crippen LogP contribution in [0, 0.1) is 0 Å². The molecule has 0 fully saturated rings. The van der Waals surface area contributed by atoms with Gasteiger partial charge in [0.1, 0.15) is 5.75 Å².